The van der Waals surface area contributed by atoms with Crippen molar-refractivity contribution in [1.29, 1.82) is 0 Å². The van der Waals surface area contributed by atoms with Crippen LogP contribution in [0.4, 0.5) is 5.69 Å². The molecule has 1 aliphatic rings. The summed E-state index contributed by atoms with van der Waals surface area (Å²) in [6, 6.07) is 12.6. The lowest BCUT2D eigenvalue weighted by Crippen LogP contribution is -2.47. The number of likely N-dealkylation sites (N-methyl/N-ethyl adjacent to an activating group) is 1. The monoisotopic (exact) mass is 440 g/mol. The lowest BCUT2D eigenvalue weighted by molar-refractivity contribution is 0.179. The second kappa shape index (κ2) is 8.82. The number of nitrogens with one attached hydrogen (secondary N) is 1. The number of piperazine rings is 1. The number of aromatic nitrogens is 1. The Morgan fingerprint density at radius 2 is 1.77 bits per heavy atom. The van der Waals surface area contributed by atoms with Crippen LogP contribution in [-0.4, -0.2) is 63.6 Å². The van der Waals surface area contributed by atoms with Gasteiger partial charge in [-0.3, -0.25) is 4.98 Å². The molecule has 0 unspecified atom stereocenters. The Morgan fingerprint density at radius 1 is 1.06 bits per heavy atom. The Hall–Kier alpha value is -2.68. The third-order valence-corrected chi connectivity index (χ3v) is 7.53. The first kappa shape index (κ1) is 21.5. The van der Waals surface area contributed by atoms with E-state index in [2.05, 4.69) is 27.4 Å². The van der Waals surface area contributed by atoms with Crippen LogP contribution in [0.2, 0.25) is 0 Å². The molecular formula is C23H28N4O3S. The van der Waals surface area contributed by atoms with E-state index >= 15 is 0 Å². The van der Waals surface area contributed by atoms with E-state index in [9.17, 15) is 8.42 Å². The van der Waals surface area contributed by atoms with Crippen molar-refractivity contribution in [2.45, 2.75) is 23.1 Å². The van der Waals surface area contributed by atoms with Crippen molar-refractivity contribution in [2.24, 2.45) is 0 Å². The number of aryl methyl sites for hydroxylation is 1. The summed E-state index contributed by atoms with van der Waals surface area (Å²) in [5.41, 5.74) is 5.73. The Morgan fingerprint density at radius 3 is 2.42 bits per heavy atom. The summed E-state index contributed by atoms with van der Waals surface area (Å²) in [6.45, 7) is 5.42. The average Bonchev–Trinajstić information content (AvgIpc) is 2.80. The molecule has 7 nitrogen and oxygen atoms in total. The van der Waals surface area contributed by atoms with Crippen LogP contribution < -0.4 is 10.2 Å². The maximum Gasteiger partial charge on any atom is 0.210 e. The van der Waals surface area contributed by atoms with E-state index < -0.39 is 9.84 Å². The number of methoxy groups -OCH3 is 1. The number of ether oxygens (including phenoxy) is 1. The van der Waals surface area contributed by atoms with Crippen LogP contribution in [-0.2, 0) is 16.3 Å². The molecule has 0 radical (unpaired) electrons. The van der Waals surface area contributed by atoms with E-state index in [-0.39, 0.29) is 9.79 Å². The number of pyridine rings is 1. The summed E-state index contributed by atoms with van der Waals surface area (Å²) in [7, 11) is -0.0916. The zero-order valence-electron chi connectivity index (χ0n) is 18.1. The number of hydrazine groups is 1. The molecule has 1 saturated heterocycles. The average molecular weight is 441 g/mol. The van der Waals surface area contributed by atoms with Gasteiger partial charge >= 0.3 is 0 Å². The summed E-state index contributed by atoms with van der Waals surface area (Å²) in [5, 5.41) is 2.78. The molecule has 2 aromatic carbocycles. The first-order valence-electron chi connectivity index (χ1n) is 10.4. The smallest absolute Gasteiger partial charge is 0.210 e. The molecule has 1 fully saturated rings. The van der Waals surface area contributed by atoms with Gasteiger partial charge in [0, 0.05) is 37.8 Å². The van der Waals surface area contributed by atoms with Gasteiger partial charge in [-0.2, -0.15) is 0 Å². The predicted octanol–water partition coefficient (Wildman–Crippen LogP) is 3.21. The minimum Gasteiger partial charge on any atom is -0.497 e. The molecule has 31 heavy (non-hydrogen) atoms. The van der Waals surface area contributed by atoms with E-state index in [0.29, 0.717) is 22.3 Å². The number of benzene rings is 2. The largest absolute Gasteiger partial charge is 0.497 e. The zero-order chi connectivity index (χ0) is 22.0. The molecule has 1 N–H and O–H groups in total. The molecule has 8 heteroatoms. The maximum atomic E-state index is 13.6. The highest BCUT2D eigenvalue weighted by atomic mass is 32.2. The first-order valence-corrected chi connectivity index (χ1v) is 11.9. The molecule has 0 amide bonds. The fraction of sp³-hybridized carbons (Fsp3) is 0.348. The van der Waals surface area contributed by atoms with Gasteiger partial charge in [0.15, 0.2) is 0 Å². The molecule has 164 valence electrons. The van der Waals surface area contributed by atoms with Crippen molar-refractivity contribution in [1.82, 2.24) is 14.9 Å². The Bertz CT molecular complexity index is 1170. The van der Waals surface area contributed by atoms with E-state index in [1.165, 1.54) is 6.20 Å². The highest BCUT2D eigenvalue weighted by Crippen LogP contribution is 2.35. The second-order valence-electron chi connectivity index (χ2n) is 7.78. The third-order valence-electron chi connectivity index (χ3n) is 5.74. The van der Waals surface area contributed by atoms with Gasteiger partial charge in [-0.15, -0.1) is 0 Å². The van der Waals surface area contributed by atoms with Crippen molar-refractivity contribution in [3.05, 3.63) is 54.2 Å². The molecule has 0 atom stereocenters. The highest BCUT2D eigenvalue weighted by molar-refractivity contribution is 7.91. The van der Waals surface area contributed by atoms with Crippen molar-refractivity contribution in [3.63, 3.8) is 0 Å². The van der Waals surface area contributed by atoms with E-state index in [4.69, 9.17) is 4.74 Å². The summed E-state index contributed by atoms with van der Waals surface area (Å²) in [6.07, 6.45) is 2.31. The summed E-state index contributed by atoms with van der Waals surface area (Å²) >= 11 is 0. The molecule has 3 aromatic rings. The number of fused-ring (bicyclic) bond motifs is 1. The molecule has 0 saturated carbocycles. The first-order chi connectivity index (χ1) is 14.9. The number of hydrogen-bond donors (Lipinski definition) is 1. The molecule has 1 aromatic heterocycles. The van der Waals surface area contributed by atoms with Gasteiger partial charge in [0.25, 0.3) is 0 Å². The van der Waals surface area contributed by atoms with Crippen LogP contribution in [0.15, 0.2) is 58.5 Å². The van der Waals surface area contributed by atoms with Crippen molar-refractivity contribution in [3.8, 4) is 5.75 Å². The van der Waals surface area contributed by atoms with Crippen molar-refractivity contribution in [2.75, 3.05) is 45.8 Å². The van der Waals surface area contributed by atoms with Gasteiger partial charge < -0.3 is 15.1 Å². The molecule has 4 rings (SSSR count). The summed E-state index contributed by atoms with van der Waals surface area (Å²) in [5.74, 6) is 0.651. The van der Waals surface area contributed by atoms with Crippen LogP contribution in [0, 0.1) is 0 Å². The lowest BCUT2D eigenvalue weighted by atomic mass is 10.2. The van der Waals surface area contributed by atoms with E-state index in [0.717, 1.165) is 38.2 Å². The maximum absolute atomic E-state index is 13.6. The molecule has 0 aliphatic carbocycles. The predicted molar refractivity (Wildman–Crippen MR) is 122 cm³/mol. The van der Waals surface area contributed by atoms with Gasteiger partial charge in [0.05, 0.1) is 23.2 Å². The molecule has 1 aliphatic heterocycles. The normalized spacial score (nSPS) is 15.8. The topological polar surface area (TPSA) is 74.8 Å². The number of sulfone groups is 1. The van der Waals surface area contributed by atoms with Gasteiger partial charge in [-0.1, -0.05) is 19.1 Å². The van der Waals surface area contributed by atoms with Crippen LogP contribution >= 0.6 is 0 Å². The standard InChI is InChI=1S/C23H28N4O3S/c1-4-17-5-8-19(9-6-17)31(28,29)22-16-24-21-10-7-18(30-3)15-20(21)23(22)25-27-13-11-26(2)12-14-27/h5-10,15-16H,4,11-14H2,1-3H3,(H,24,25). The molecule has 2 heterocycles. The Balaban J connectivity index is 1.84. The van der Waals surface area contributed by atoms with E-state index in [1.807, 2.05) is 37.3 Å². The second-order valence-corrected chi connectivity index (χ2v) is 9.70. The van der Waals surface area contributed by atoms with Gasteiger partial charge in [-0.05, 0) is 49.4 Å². The fourth-order valence-corrected chi connectivity index (χ4v) is 5.07. The van der Waals surface area contributed by atoms with Gasteiger partial charge in [-0.25, -0.2) is 13.4 Å². The minimum absolute atomic E-state index is 0.163. The van der Waals surface area contributed by atoms with Crippen LogP contribution in [0.1, 0.15) is 12.5 Å². The molecule has 0 bridgehead atoms. The Kier molecular flexibility index (Phi) is 6.13. The highest BCUT2D eigenvalue weighted by Gasteiger charge is 2.26. The minimum atomic E-state index is -3.77. The number of rotatable bonds is 6. The lowest BCUT2D eigenvalue weighted by Gasteiger charge is -2.33. The fourth-order valence-electron chi connectivity index (χ4n) is 3.71. The van der Waals surface area contributed by atoms with Gasteiger partial charge in [0.2, 0.25) is 9.84 Å². The molecule has 0 spiro atoms. The number of nitrogens with zero attached hydrogens (tertiary/aromatic N) is 3. The quantitative estimate of drug-likeness (QED) is 0.631. The summed E-state index contributed by atoms with van der Waals surface area (Å²) < 4.78 is 32.6. The SMILES string of the molecule is CCc1ccc(S(=O)(=O)c2cnc3ccc(OC)cc3c2NN2CCN(C)CC2)cc1. The summed E-state index contributed by atoms with van der Waals surface area (Å²) in [4.78, 5) is 7.12. The van der Waals surface area contributed by atoms with E-state index in [1.54, 1.807) is 19.2 Å². The Labute approximate surface area is 183 Å². The van der Waals surface area contributed by atoms with Crippen molar-refractivity contribution < 1.29 is 13.2 Å². The van der Waals surface area contributed by atoms with Crippen LogP contribution in [0.5, 0.6) is 5.75 Å². The van der Waals surface area contributed by atoms with Crippen LogP contribution in [0.25, 0.3) is 10.9 Å². The van der Waals surface area contributed by atoms with Crippen LogP contribution in [0.3, 0.4) is 0 Å². The number of hydrogen-bond acceptors (Lipinski definition) is 7. The molecular weight excluding hydrogens is 412 g/mol. The van der Waals surface area contributed by atoms with Crippen molar-refractivity contribution >= 4 is 26.4 Å². The number of anilines is 1. The van der Waals surface area contributed by atoms with Gasteiger partial charge in [0.1, 0.15) is 10.6 Å². The third kappa shape index (κ3) is 4.37. The zero-order valence-corrected chi connectivity index (χ0v) is 18.9.